The molecular formula is C12H18ClN3O. The van der Waals surface area contributed by atoms with Crippen molar-refractivity contribution in [2.75, 3.05) is 13.1 Å². The van der Waals surface area contributed by atoms with Crippen molar-refractivity contribution in [3.05, 3.63) is 12.7 Å². The van der Waals surface area contributed by atoms with E-state index in [0.717, 1.165) is 19.4 Å². The summed E-state index contributed by atoms with van der Waals surface area (Å²) in [5, 5.41) is 3.38. The van der Waals surface area contributed by atoms with Gasteiger partial charge in [-0.1, -0.05) is 25.1 Å². The third-order valence-corrected chi connectivity index (χ3v) is 3.19. The van der Waals surface area contributed by atoms with Gasteiger partial charge in [-0.25, -0.2) is 4.99 Å². The van der Waals surface area contributed by atoms with Crippen LogP contribution in [-0.2, 0) is 4.79 Å². The predicted octanol–water partition coefficient (Wildman–Crippen LogP) is 2.00. The van der Waals surface area contributed by atoms with Crippen LogP contribution >= 0.6 is 11.6 Å². The van der Waals surface area contributed by atoms with E-state index in [0.29, 0.717) is 23.6 Å². The van der Waals surface area contributed by atoms with Crippen LogP contribution in [0.3, 0.4) is 0 Å². The Kier molecular flexibility index (Phi) is 5.91. The van der Waals surface area contributed by atoms with Gasteiger partial charge in [0, 0.05) is 19.5 Å². The summed E-state index contributed by atoms with van der Waals surface area (Å²) < 4.78 is 0. The fraction of sp³-hybridized carbons (Fsp3) is 0.583. The van der Waals surface area contributed by atoms with E-state index < -0.39 is 0 Å². The molecule has 0 radical (unpaired) electrons. The van der Waals surface area contributed by atoms with Crippen LogP contribution in [0.5, 0.6) is 0 Å². The van der Waals surface area contributed by atoms with Gasteiger partial charge in [0.2, 0.25) is 5.91 Å². The summed E-state index contributed by atoms with van der Waals surface area (Å²) in [5.41, 5.74) is 0. The molecule has 0 spiro atoms. The molecule has 0 aromatic rings. The van der Waals surface area contributed by atoms with E-state index in [-0.39, 0.29) is 5.91 Å². The van der Waals surface area contributed by atoms with Gasteiger partial charge in [0.25, 0.3) is 0 Å². The summed E-state index contributed by atoms with van der Waals surface area (Å²) in [6.07, 6.45) is 4.47. The van der Waals surface area contributed by atoms with E-state index in [4.69, 9.17) is 11.6 Å². The molecule has 4 nitrogen and oxygen atoms in total. The third-order valence-electron chi connectivity index (χ3n) is 2.94. The average Bonchev–Trinajstić information content (AvgIpc) is 2.53. The summed E-state index contributed by atoms with van der Waals surface area (Å²) >= 11 is 5.94. The summed E-state index contributed by atoms with van der Waals surface area (Å²) in [6.45, 7) is 6.95. The first-order valence-corrected chi connectivity index (χ1v) is 6.12. The van der Waals surface area contributed by atoms with E-state index in [1.54, 1.807) is 0 Å². The molecule has 1 rings (SSSR count). The van der Waals surface area contributed by atoms with Gasteiger partial charge in [-0.15, -0.1) is 0 Å². The van der Waals surface area contributed by atoms with Crippen molar-refractivity contribution in [3.63, 3.8) is 0 Å². The van der Waals surface area contributed by atoms with Crippen LogP contribution in [0.15, 0.2) is 22.6 Å². The molecule has 1 amide bonds. The van der Waals surface area contributed by atoms with Gasteiger partial charge < -0.3 is 5.32 Å². The van der Waals surface area contributed by atoms with E-state index >= 15 is 0 Å². The molecule has 0 aromatic heterocycles. The van der Waals surface area contributed by atoms with Gasteiger partial charge in [0.05, 0.1) is 0 Å². The Balaban J connectivity index is 2.34. The maximum atomic E-state index is 11.0. The van der Waals surface area contributed by atoms with Gasteiger partial charge in [-0.3, -0.25) is 9.79 Å². The van der Waals surface area contributed by atoms with Crippen molar-refractivity contribution in [2.45, 2.75) is 19.8 Å². The highest BCUT2D eigenvalue weighted by Crippen LogP contribution is 2.22. The quantitative estimate of drug-likeness (QED) is 0.751. The molecule has 1 heterocycles. The fourth-order valence-electron chi connectivity index (χ4n) is 1.73. The van der Waals surface area contributed by atoms with Crippen molar-refractivity contribution >= 4 is 29.0 Å². The summed E-state index contributed by atoms with van der Waals surface area (Å²) in [4.78, 5) is 19.2. The smallest absolute Gasteiger partial charge is 0.243 e. The van der Waals surface area contributed by atoms with Crippen LogP contribution in [0.4, 0.5) is 0 Å². The maximum absolute atomic E-state index is 11.0. The number of halogens is 1. The molecular weight excluding hydrogens is 238 g/mol. The molecule has 5 heteroatoms. The largest absolute Gasteiger partial charge is 0.353 e. The Bertz CT molecular complexity index is 339. The zero-order valence-electron chi connectivity index (χ0n) is 10.0. The molecule has 0 aromatic carbocycles. The topological polar surface area (TPSA) is 53.8 Å². The van der Waals surface area contributed by atoms with E-state index in [2.05, 4.69) is 28.8 Å². The van der Waals surface area contributed by atoms with Crippen molar-refractivity contribution in [1.82, 2.24) is 5.32 Å². The lowest BCUT2D eigenvalue weighted by Gasteiger charge is -2.20. The Morgan fingerprint density at radius 2 is 2.59 bits per heavy atom. The number of carbonyl (C=O) groups is 1. The standard InChI is InChI=1S/C12H18ClN3O/c1-3-12(17)15-5-4-9(2)10-6-11(13)16-8-14-7-10/h3,8-10H,1,4-7H2,2H3,(H,15,17)/t9?,10-/m0/s1. The van der Waals surface area contributed by atoms with Crippen molar-refractivity contribution in [2.24, 2.45) is 21.8 Å². The molecule has 17 heavy (non-hydrogen) atoms. The number of amides is 1. The van der Waals surface area contributed by atoms with Gasteiger partial charge in [-0.05, 0) is 24.3 Å². The molecule has 0 bridgehead atoms. The Labute approximate surface area is 107 Å². The number of carbonyl (C=O) groups excluding carboxylic acids is 1. The zero-order valence-corrected chi connectivity index (χ0v) is 10.8. The van der Waals surface area contributed by atoms with Crippen molar-refractivity contribution < 1.29 is 4.79 Å². The van der Waals surface area contributed by atoms with Crippen LogP contribution in [-0.4, -0.2) is 30.5 Å². The number of hydrogen-bond donors (Lipinski definition) is 1. The monoisotopic (exact) mass is 255 g/mol. The van der Waals surface area contributed by atoms with Crippen LogP contribution in [0.1, 0.15) is 19.8 Å². The number of hydrogen-bond acceptors (Lipinski definition) is 3. The maximum Gasteiger partial charge on any atom is 0.243 e. The van der Waals surface area contributed by atoms with Crippen LogP contribution in [0, 0.1) is 11.8 Å². The second-order valence-electron chi connectivity index (χ2n) is 4.21. The predicted molar refractivity (Wildman–Crippen MR) is 71.7 cm³/mol. The normalized spacial score (nSPS) is 21.3. The number of rotatable bonds is 5. The summed E-state index contributed by atoms with van der Waals surface area (Å²) in [7, 11) is 0. The minimum Gasteiger partial charge on any atom is -0.353 e. The lowest BCUT2D eigenvalue weighted by molar-refractivity contribution is -0.116. The van der Waals surface area contributed by atoms with Crippen molar-refractivity contribution in [1.29, 1.82) is 0 Å². The molecule has 0 saturated carbocycles. The molecule has 1 aliphatic rings. The molecule has 1 aliphatic heterocycles. The molecule has 2 atom stereocenters. The molecule has 1 N–H and O–H groups in total. The first kappa shape index (κ1) is 13.9. The minimum atomic E-state index is -0.129. The highest BCUT2D eigenvalue weighted by Gasteiger charge is 2.19. The summed E-state index contributed by atoms with van der Waals surface area (Å²) in [5.74, 6) is 0.709. The van der Waals surface area contributed by atoms with Gasteiger partial charge in [-0.2, -0.15) is 0 Å². The van der Waals surface area contributed by atoms with Crippen LogP contribution in [0.2, 0.25) is 0 Å². The third kappa shape index (κ3) is 5.13. The van der Waals surface area contributed by atoms with Gasteiger partial charge in [0.15, 0.2) is 0 Å². The summed E-state index contributed by atoms with van der Waals surface area (Å²) in [6, 6.07) is 0. The molecule has 0 saturated heterocycles. The zero-order chi connectivity index (χ0) is 12.7. The highest BCUT2D eigenvalue weighted by atomic mass is 35.5. The Hall–Kier alpha value is -1.16. The van der Waals surface area contributed by atoms with E-state index in [1.165, 1.54) is 12.4 Å². The average molecular weight is 256 g/mol. The Morgan fingerprint density at radius 3 is 3.29 bits per heavy atom. The molecule has 0 fully saturated rings. The number of aliphatic imine (C=N–C) groups is 2. The lowest BCUT2D eigenvalue weighted by atomic mass is 9.89. The lowest BCUT2D eigenvalue weighted by Crippen LogP contribution is -2.26. The van der Waals surface area contributed by atoms with Gasteiger partial charge >= 0.3 is 0 Å². The van der Waals surface area contributed by atoms with Crippen LogP contribution < -0.4 is 5.32 Å². The number of nitrogens with one attached hydrogen (secondary N) is 1. The Morgan fingerprint density at radius 1 is 1.82 bits per heavy atom. The second-order valence-corrected chi connectivity index (χ2v) is 4.65. The first-order valence-electron chi connectivity index (χ1n) is 5.74. The minimum absolute atomic E-state index is 0.129. The molecule has 94 valence electrons. The highest BCUT2D eigenvalue weighted by molar-refractivity contribution is 6.66. The fourth-order valence-corrected chi connectivity index (χ4v) is 1.97. The number of nitrogens with zero attached hydrogens (tertiary/aromatic N) is 2. The van der Waals surface area contributed by atoms with Crippen LogP contribution in [0.25, 0.3) is 0 Å². The first-order chi connectivity index (χ1) is 8.13. The van der Waals surface area contributed by atoms with E-state index in [9.17, 15) is 4.79 Å². The molecule has 0 aliphatic carbocycles. The van der Waals surface area contributed by atoms with Gasteiger partial charge in [0.1, 0.15) is 11.5 Å². The van der Waals surface area contributed by atoms with Crippen molar-refractivity contribution in [3.8, 4) is 0 Å². The molecule has 1 unspecified atom stereocenters. The SMILES string of the molecule is C=CC(=O)NCCC(C)[C@@H]1CN=CN=C(Cl)C1. The second kappa shape index (κ2) is 7.22. The van der Waals surface area contributed by atoms with E-state index in [1.807, 2.05) is 0 Å².